The van der Waals surface area contributed by atoms with Gasteiger partial charge in [-0.3, -0.25) is 4.98 Å². The van der Waals surface area contributed by atoms with Crippen LogP contribution in [0.25, 0.3) is 10.9 Å². The van der Waals surface area contributed by atoms with Crippen molar-refractivity contribution in [3.8, 4) is 11.5 Å². The molecule has 1 fully saturated rings. The average molecular weight is 298 g/mol. The summed E-state index contributed by atoms with van der Waals surface area (Å²) in [5.41, 5.74) is 2.32. The van der Waals surface area contributed by atoms with Crippen LogP contribution in [-0.4, -0.2) is 42.7 Å². The van der Waals surface area contributed by atoms with Crippen LogP contribution >= 0.6 is 0 Å². The number of piperidine rings is 1. The lowest BCUT2D eigenvalue weighted by Gasteiger charge is -2.27. The van der Waals surface area contributed by atoms with Gasteiger partial charge in [-0.15, -0.1) is 0 Å². The van der Waals surface area contributed by atoms with E-state index in [4.69, 9.17) is 9.47 Å². The highest BCUT2D eigenvalue weighted by Crippen LogP contribution is 2.38. The molecule has 4 rings (SSSR count). The Bertz CT molecular complexity index is 665. The predicted octanol–water partition coefficient (Wildman–Crippen LogP) is 3.03. The van der Waals surface area contributed by atoms with Crippen LogP contribution in [0.4, 0.5) is 0 Å². The van der Waals surface area contributed by atoms with Gasteiger partial charge in [-0.25, -0.2) is 0 Å². The van der Waals surface area contributed by atoms with E-state index in [0.29, 0.717) is 13.2 Å². The van der Waals surface area contributed by atoms with Crippen LogP contribution in [0.2, 0.25) is 0 Å². The minimum absolute atomic E-state index is 0.618. The monoisotopic (exact) mass is 298 g/mol. The zero-order valence-corrected chi connectivity index (χ0v) is 12.9. The zero-order valence-electron chi connectivity index (χ0n) is 12.9. The summed E-state index contributed by atoms with van der Waals surface area (Å²) in [7, 11) is 0. The zero-order chi connectivity index (χ0) is 14.8. The molecule has 4 nitrogen and oxygen atoms in total. The molecule has 4 heteroatoms. The van der Waals surface area contributed by atoms with Gasteiger partial charge >= 0.3 is 0 Å². The third-order valence-corrected chi connectivity index (χ3v) is 4.64. The Morgan fingerprint density at radius 1 is 1.00 bits per heavy atom. The number of fused-ring (bicyclic) bond motifs is 3. The standard InChI is InChI=1S/C18H22N2O2/c1-2-9-20(10-3-1)11-7-14-6-8-19-15-4-5-16-18(17(14)15)22-13-12-21-16/h4-6,8H,1-3,7,9-13H2. The Hall–Kier alpha value is -1.81. The van der Waals surface area contributed by atoms with E-state index in [0.717, 1.165) is 35.4 Å². The highest BCUT2D eigenvalue weighted by molar-refractivity contribution is 5.91. The maximum atomic E-state index is 5.89. The summed E-state index contributed by atoms with van der Waals surface area (Å²) in [5, 5.41) is 1.14. The van der Waals surface area contributed by atoms with Crippen molar-refractivity contribution in [3.05, 3.63) is 30.0 Å². The summed E-state index contributed by atoms with van der Waals surface area (Å²) in [5.74, 6) is 1.73. The van der Waals surface area contributed by atoms with E-state index in [1.54, 1.807) is 0 Å². The molecule has 0 atom stereocenters. The van der Waals surface area contributed by atoms with E-state index in [-0.39, 0.29) is 0 Å². The van der Waals surface area contributed by atoms with Gasteiger partial charge in [-0.2, -0.15) is 0 Å². The van der Waals surface area contributed by atoms with Crippen LogP contribution < -0.4 is 9.47 Å². The van der Waals surface area contributed by atoms with E-state index in [1.165, 1.54) is 37.9 Å². The maximum Gasteiger partial charge on any atom is 0.171 e. The Kier molecular flexibility index (Phi) is 3.85. The second-order valence-corrected chi connectivity index (χ2v) is 6.11. The largest absolute Gasteiger partial charge is 0.486 e. The molecule has 2 aliphatic heterocycles. The molecular formula is C18H22N2O2. The highest BCUT2D eigenvalue weighted by Gasteiger charge is 2.18. The fraction of sp³-hybridized carbons (Fsp3) is 0.500. The van der Waals surface area contributed by atoms with E-state index < -0.39 is 0 Å². The topological polar surface area (TPSA) is 34.6 Å². The Morgan fingerprint density at radius 2 is 1.86 bits per heavy atom. The number of ether oxygens (including phenoxy) is 2. The summed E-state index contributed by atoms with van der Waals surface area (Å²) in [6, 6.07) is 6.13. The van der Waals surface area contributed by atoms with Crippen molar-refractivity contribution < 1.29 is 9.47 Å². The fourth-order valence-corrected chi connectivity index (χ4v) is 3.48. The average Bonchev–Trinajstić information content (AvgIpc) is 2.60. The number of hydrogen-bond acceptors (Lipinski definition) is 4. The molecule has 0 radical (unpaired) electrons. The van der Waals surface area contributed by atoms with Crippen molar-refractivity contribution in [1.82, 2.24) is 9.88 Å². The molecule has 3 heterocycles. The lowest BCUT2D eigenvalue weighted by atomic mass is 10.0. The minimum atomic E-state index is 0.618. The molecule has 0 saturated carbocycles. The first-order chi connectivity index (χ1) is 10.9. The van der Waals surface area contributed by atoms with Gasteiger partial charge in [0.05, 0.1) is 5.52 Å². The number of benzene rings is 1. The van der Waals surface area contributed by atoms with Crippen molar-refractivity contribution >= 4 is 10.9 Å². The van der Waals surface area contributed by atoms with Gasteiger partial charge in [0.15, 0.2) is 11.5 Å². The molecule has 1 saturated heterocycles. The summed E-state index contributed by atoms with van der Waals surface area (Å²) in [6.45, 7) is 4.83. The van der Waals surface area contributed by atoms with Gasteiger partial charge in [0, 0.05) is 18.1 Å². The summed E-state index contributed by atoms with van der Waals surface area (Å²) in [6.07, 6.45) is 7.00. The van der Waals surface area contributed by atoms with Gasteiger partial charge in [0.25, 0.3) is 0 Å². The first-order valence-electron chi connectivity index (χ1n) is 8.30. The first kappa shape index (κ1) is 13.8. The predicted molar refractivity (Wildman–Crippen MR) is 86.7 cm³/mol. The number of aromatic nitrogens is 1. The lowest BCUT2D eigenvalue weighted by Crippen LogP contribution is -2.31. The van der Waals surface area contributed by atoms with E-state index in [2.05, 4.69) is 16.0 Å². The van der Waals surface area contributed by atoms with Gasteiger partial charge in [-0.05, 0) is 56.1 Å². The van der Waals surface area contributed by atoms with Crippen LogP contribution in [0.3, 0.4) is 0 Å². The van der Waals surface area contributed by atoms with Crippen LogP contribution in [-0.2, 0) is 6.42 Å². The summed E-state index contributed by atoms with van der Waals surface area (Å²) < 4.78 is 11.6. The van der Waals surface area contributed by atoms with Crippen LogP contribution in [0.5, 0.6) is 11.5 Å². The maximum absolute atomic E-state index is 5.89. The molecule has 1 aromatic heterocycles. The first-order valence-corrected chi connectivity index (χ1v) is 8.30. The highest BCUT2D eigenvalue weighted by atomic mass is 16.6. The van der Waals surface area contributed by atoms with Crippen molar-refractivity contribution in [3.63, 3.8) is 0 Å². The Balaban J connectivity index is 1.64. The Morgan fingerprint density at radius 3 is 2.77 bits per heavy atom. The third kappa shape index (κ3) is 2.63. The van der Waals surface area contributed by atoms with Gasteiger partial charge in [0.2, 0.25) is 0 Å². The number of rotatable bonds is 3. The van der Waals surface area contributed by atoms with Crippen molar-refractivity contribution in [1.29, 1.82) is 0 Å². The summed E-state index contributed by atoms with van der Waals surface area (Å²) in [4.78, 5) is 7.07. The second kappa shape index (κ2) is 6.13. The molecule has 0 N–H and O–H groups in total. The number of pyridine rings is 1. The van der Waals surface area contributed by atoms with Crippen molar-refractivity contribution in [2.24, 2.45) is 0 Å². The molecule has 0 bridgehead atoms. The normalized spacial score (nSPS) is 18.5. The SMILES string of the molecule is c1cc(CCN2CCCCC2)c2c3c(ccc2n1)OCCO3. The summed E-state index contributed by atoms with van der Waals surface area (Å²) >= 11 is 0. The lowest BCUT2D eigenvalue weighted by molar-refractivity contribution is 0.174. The van der Waals surface area contributed by atoms with E-state index in [9.17, 15) is 0 Å². The Labute approximate surface area is 131 Å². The molecule has 22 heavy (non-hydrogen) atoms. The molecule has 2 aliphatic rings. The van der Waals surface area contributed by atoms with Crippen LogP contribution in [0.15, 0.2) is 24.4 Å². The molecule has 2 aromatic rings. The van der Waals surface area contributed by atoms with Crippen LogP contribution in [0, 0.1) is 0 Å². The molecule has 116 valence electrons. The minimum Gasteiger partial charge on any atom is -0.486 e. The van der Waals surface area contributed by atoms with Gasteiger partial charge in [-0.1, -0.05) is 6.42 Å². The number of likely N-dealkylation sites (tertiary alicyclic amines) is 1. The second-order valence-electron chi connectivity index (χ2n) is 6.11. The van der Waals surface area contributed by atoms with Crippen LogP contribution in [0.1, 0.15) is 24.8 Å². The third-order valence-electron chi connectivity index (χ3n) is 4.64. The van der Waals surface area contributed by atoms with Crippen molar-refractivity contribution in [2.45, 2.75) is 25.7 Å². The molecule has 0 aliphatic carbocycles. The molecular weight excluding hydrogens is 276 g/mol. The van der Waals surface area contributed by atoms with Gasteiger partial charge < -0.3 is 14.4 Å². The number of hydrogen-bond donors (Lipinski definition) is 0. The molecule has 1 aromatic carbocycles. The number of nitrogens with zero attached hydrogens (tertiary/aromatic N) is 2. The van der Waals surface area contributed by atoms with Gasteiger partial charge in [0.1, 0.15) is 13.2 Å². The van der Waals surface area contributed by atoms with Crippen molar-refractivity contribution in [2.75, 3.05) is 32.8 Å². The van der Waals surface area contributed by atoms with E-state index >= 15 is 0 Å². The molecule has 0 unspecified atom stereocenters. The van der Waals surface area contributed by atoms with E-state index in [1.807, 2.05) is 18.3 Å². The smallest absolute Gasteiger partial charge is 0.171 e. The quantitative estimate of drug-likeness (QED) is 0.872. The molecule has 0 spiro atoms. The molecule has 0 amide bonds. The fourth-order valence-electron chi connectivity index (χ4n) is 3.48.